The van der Waals surface area contributed by atoms with Crippen LogP contribution >= 0.6 is 24.8 Å². The Balaban J connectivity index is 0. The van der Waals surface area contributed by atoms with Crippen LogP contribution in [-0.2, 0) is 7.05 Å². The molecule has 0 aliphatic heterocycles. The van der Waals surface area contributed by atoms with Crippen molar-refractivity contribution in [2.45, 2.75) is 0 Å². The summed E-state index contributed by atoms with van der Waals surface area (Å²) in [6.07, 6.45) is 0. The van der Waals surface area contributed by atoms with E-state index >= 15 is 0 Å². The summed E-state index contributed by atoms with van der Waals surface area (Å²) < 4.78 is 1.42. The fourth-order valence-electron chi connectivity index (χ4n) is 0.856. The molecule has 0 radical (unpaired) electrons. The highest BCUT2D eigenvalue weighted by Gasteiger charge is 2.13. The molecule has 0 fully saturated rings. The molecule has 1 N–H and O–H groups in total. The summed E-state index contributed by atoms with van der Waals surface area (Å²) in [5.74, 6) is -0.771. The second kappa shape index (κ2) is 5.66. The van der Waals surface area contributed by atoms with E-state index in [0.717, 1.165) is 0 Å². The van der Waals surface area contributed by atoms with E-state index in [9.17, 15) is 4.79 Å². The Morgan fingerprint density at radius 1 is 1.43 bits per heavy atom. The maximum atomic E-state index is 10.4. The molecular weight excluding hydrogens is 231 g/mol. The zero-order chi connectivity index (χ0) is 9.30. The summed E-state index contributed by atoms with van der Waals surface area (Å²) in [6.45, 7) is 0. The lowest BCUT2D eigenvalue weighted by Gasteiger charge is -2.08. The number of hydrogen-bond donors (Lipinski definition) is 1. The van der Waals surface area contributed by atoms with E-state index in [1.165, 1.54) is 4.68 Å². The fourth-order valence-corrected chi connectivity index (χ4v) is 0.856. The third kappa shape index (κ3) is 3.04. The number of halogens is 2. The van der Waals surface area contributed by atoms with Gasteiger partial charge in [0.05, 0.1) is 0 Å². The highest BCUT2D eigenvalue weighted by Crippen LogP contribution is 2.05. The van der Waals surface area contributed by atoms with Crippen LogP contribution in [0.1, 0.15) is 10.6 Å². The van der Waals surface area contributed by atoms with Gasteiger partial charge in [0.25, 0.3) is 5.82 Å². The van der Waals surface area contributed by atoms with Gasteiger partial charge < -0.3 is 10.0 Å². The molecule has 0 atom stereocenters. The molecule has 0 saturated carbocycles. The van der Waals surface area contributed by atoms with Crippen LogP contribution < -0.4 is 4.90 Å². The number of aromatic nitrogens is 3. The second-order valence-corrected chi connectivity index (χ2v) is 2.56. The zero-order valence-electron chi connectivity index (χ0n) is 7.96. The second-order valence-electron chi connectivity index (χ2n) is 2.56. The number of anilines is 1. The Kier molecular flexibility index (Phi) is 6.26. The number of aromatic carboxylic acids is 1. The van der Waals surface area contributed by atoms with Crippen molar-refractivity contribution >= 4 is 36.7 Å². The van der Waals surface area contributed by atoms with Crippen molar-refractivity contribution in [3.05, 3.63) is 5.82 Å². The first kappa shape index (κ1) is 15.5. The molecule has 1 aromatic rings. The van der Waals surface area contributed by atoms with Gasteiger partial charge in [-0.3, -0.25) is 0 Å². The molecule has 0 unspecified atom stereocenters. The minimum atomic E-state index is -1.11. The van der Waals surface area contributed by atoms with Crippen molar-refractivity contribution in [3.8, 4) is 0 Å². The highest BCUT2D eigenvalue weighted by molar-refractivity contribution is 5.85. The average molecular weight is 243 g/mol. The molecule has 8 heteroatoms. The molecule has 82 valence electrons. The van der Waals surface area contributed by atoms with Crippen LogP contribution in [0, 0.1) is 0 Å². The molecule has 6 nitrogen and oxygen atoms in total. The topological polar surface area (TPSA) is 71.2 Å². The van der Waals surface area contributed by atoms with Gasteiger partial charge in [-0.15, -0.1) is 29.9 Å². The third-order valence-corrected chi connectivity index (χ3v) is 1.33. The van der Waals surface area contributed by atoms with E-state index in [1.54, 1.807) is 26.0 Å². The number of aryl methyl sites for hydroxylation is 1. The maximum absolute atomic E-state index is 10.4. The van der Waals surface area contributed by atoms with Crippen molar-refractivity contribution in [2.24, 2.45) is 7.05 Å². The normalized spacial score (nSPS) is 8.50. The SMILES string of the molecule is CN(C)c1nc(C(=O)O)nn1C.Cl.Cl. The van der Waals surface area contributed by atoms with Crippen LogP contribution in [0.2, 0.25) is 0 Å². The molecule has 14 heavy (non-hydrogen) atoms. The van der Waals surface area contributed by atoms with Crippen molar-refractivity contribution in [2.75, 3.05) is 19.0 Å². The van der Waals surface area contributed by atoms with Gasteiger partial charge >= 0.3 is 5.97 Å². The van der Waals surface area contributed by atoms with Crippen LogP contribution in [0.4, 0.5) is 5.95 Å². The Morgan fingerprint density at radius 2 is 1.93 bits per heavy atom. The van der Waals surface area contributed by atoms with Crippen LogP contribution in [0.3, 0.4) is 0 Å². The lowest BCUT2D eigenvalue weighted by Crippen LogP contribution is -2.14. The van der Waals surface area contributed by atoms with Gasteiger partial charge in [-0.05, 0) is 0 Å². The van der Waals surface area contributed by atoms with Crippen molar-refractivity contribution in [1.29, 1.82) is 0 Å². The lowest BCUT2D eigenvalue weighted by molar-refractivity contribution is 0.0683. The summed E-state index contributed by atoms with van der Waals surface area (Å²) in [6, 6.07) is 0. The third-order valence-electron chi connectivity index (χ3n) is 1.33. The monoisotopic (exact) mass is 242 g/mol. The van der Waals surface area contributed by atoms with Gasteiger partial charge in [-0.2, -0.15) is 4.98 Å². The number of rotatable bonds is 2. The predicted molar refractivity (Wildman–Crippen MR) is 56.8 cm³/mol. The van der Waals surface area contributed by atoms with Crippen LogP contribution in [0.5, 0.6) is 0 Å². The molecule has 0 aliphatic rings. The van der Waals surface area contributed by atoms with Crippen LogP contribution in [0.15, 0.2) is 0 Å². The Labute approximate surface area is 93.7 Å². The largest absolute Gasteiger partial charge is 0.475 e. The summed E-state index contributed by atoms with van der Waals surface area (Å²) >= 11 is 0. The molecule has 1 aromatic heterocycles. The summed E-state index contributed by atoms with van der Waals surface area (Å²) in [7, 11) is 5.19. The summed E-state index contributed by atoms with van der Waals surface area (Å²) in [5, 5.41) is 12.2. The number of carbonyl (C=O) groups is 1. The maximum Gasteiger partial charge on any atom is 0.375 e. The molecular formula is C6H12Cl2N4O2. The Morgan fingerprint density at radius 3 is 2.14 bits per heavy atom. The first-order chi connectivity index (χ1) is 5.52. The fraction of sp³-hybridized carbons (Fsp3) is 0.500. The summed E-state index contributed by atoms with van der Waals surface area (Å²) in [4.78, 5) is 15.9. The van der Waals surface area contributed by atoms with E-state index < -0.39 is 5.97 Å². The molecule has 0 saturated heterocycles. The Hall–Kier alpha value is -1.01. The minimum Gasteiger partial charge on any atom is -0.475 e. The van der Waals surface area contributed by atoms with Gasteiger partial charge in [-0.1, -0.05) is 0 Å². The van der Waals surface area contributed by atoms with Gasteiger partial charge in [-0.25, -0.2) is 9.48 Å². The molecule has 0 aromatic carbocycles. The van der Waals surface area contributed by atoms with E-state index in [1.807, 2.05) is 0 Å². The van der Waals surface area contributed by atoms with Gasteiger partial charge in [0, 0.05) is 21.1 Å². The first-order valence-corrected chi connectivity index (χ1v) is 3.34. The highest BCUT2D eigenvalue weighted by atomic mass is 35.5. The smallest absolute Gasteiger partial charge is 0.375 e. The summed E-state index contributed by atoms with van der Waals surface area (Å²) in [5.41, 5.74) is 0. The number of carboxylic acid groups (broad SMARTS) is 1. The van der Waals surface area contributed by atoms with Gasteiger partial charge in [0.2, 0.25) is 5.95 Å². The zero-order valence-corrected chi connectivity index (χ0v) is 9.59. The van der Waals surface area contributed by atoms with Gasteiger partial charge in [0.15, 0.2) is 0 Å². The Bertz CT molecular complexity index is 313. The quantitative estimate of drug-likeness (QED) is 0.815. The predicted octanol–water partition coefficient (Wildman–Crippen LogP) is 0.423. The standard InChI is InChI=1S/C6H10N4O2.2ClH/c1-9(2)6-7-4(5(11)12)8-10(6)3;;/h1-3H3,(H,11,12);2*1H. The molecule has 1 rings (SSSR count). The number of nitrogens with zero attached hydrogens (tertiary/aromatic N) is 4. The van der Waals surface area contributed by atoms with Gasteiger partial charge in [0.1, 0.15) is 0 Å². The van der Waals surface area contributed by atoms with E-state index in [2.05, 4.69) is 10.1 Å². The first-order valence-electron chi connectivity index (χ1n) is 3.34. The van der Waals surface area contributed by atoms with Crippen LogP contribution in [-0.4, -0.2) is 39.9 Å². The molecule has 0 aliphatic carbocycles. The number of carboxylic acids is 1. The van der Waals surface area contributed by atoms with Crippen LogP contribution in [0.25, 0.3) is 0 Å². The minimum absolute atomic E-state index is 0. The number of hydrogen-bond acceptors (Lipinski definition) is 4. The van der Waals surface area contributed by atoms with Crippen molar-refractivity contribution in [1.82, 2.24) is 14.8 Å². The average Bonchev–Trinajstić information content (AvgIpc) is 2.30. The molecule has 0 amide bonds. The van der Waals surface area contributed by atoms with Crippen molar-refractivity contribution in [3.63, 3.8) is 0 Å². The molecule has 0 spiro atoms. The lowest BCUT2D eigenvalue weighted by atomic mass is 10.6. The molecule has 0 bridgehead atoms. The van der Waals surface area contributed by atoms with E-state index in [4.69, 9.17) is 5.11 Å². The molecule has 1 heterocycles. The van der Waals surface area contributed by atoms with E-state index in [-0.39, 0.29) is 30.6 Å². The van der Waals surface area contributed by atoms with Crippen molar-refractivity contribution < 1.29 is 9.90 Å². The van der Waals surface area contributed by atoms with E-state index in [0.29, 0.717) is 5.95 Å².